The van der Waals surface area contributed by atoms with E-state index in [-0.39, 0.29) is 17.4 Å². The second-order valence-electron chi connectivity index (χ2n) is 6.36. The molecule has 1 aliphatic carbocycles. The maximum Gasteiger partial charge on any atom is 0.221 e. The molecule has 4 nitrogen and oxygen atoms in total. The molecule has 1 aliphatic rings. The Hall–Kier alpha value is -0.610. The van der Waals surface area contributed by atoms with Crippen LogP contribution in [0.4, 0.5) is 0 Å². The highest BCUT2D eigenvalue weighted by molar-refractivity contribution is 5.77. The van der Waals surface area contributed by atoms with Crippen molar-refractivity contribution in [3.8, 4) is 0 Å². The summed E-state index contributed by atoms with van der Waals surface area (Å²) in [6, 6.07) is 0.530. The van der Waals surface area contributed by atoms with Crippen molar-refractivity contribution >= 4 is 5.91 Å². The topological polar surface area (TPSA) is 81.1 Å². The first-order valence-electron chi connectivity index (χ1n) is 6.59. The quantitative estimate of drug-likeness (QED) is 0.693. The van der Waals surface area contributed by atoms with Crippen LogP contribution in [0.3, 0.4) is 0 Å². The Labute approximate surface area is 105 Å². The summed E-state index contributed by atoms with van der Waals surface area (Å²) in [5.74, 6) is 0.0768. The van der Waals surface area contributed by atoms with Gasteiger partial charge >= 0.3 is 0 Å². The number of hydrogen-bond acceptors (Lipinski definition) is 3. The third-order valence-corrected chi connectivity index (χ3v) is 3.65. The van der Waals surface area contributed by atoms with Gasteiger partial charge in [0.2, 0.25) is 5.91 Å². The molecule has 1 saturated carbocycles. The van der Waals surface area contributed by atoms with E-state index in [1.165, 1.54) is 0 Å². The highest BCUT2D eigenvalue weighted by Gasteiger charge is 2.25. The van der Waals surface area contributed by atoms with Crippen LogP contribution in [0, 0.1) is 5.41 Å². The zero-order valence-corrected chi connectivity index (χ0v) is 11.3. The zero-order valence-electron chi connectivity index (χ0n) is 11.3. The van der Waals surface area contributed by atoms with Gasteiger partial charge in [0.1, 0.15) is 0 Å². The summed E-state index contributed by atoms with van der Waals surface area (Å²) in [7, 11) is 0. The summed E-state index contributed by atoms with van der Waals surface area (Å²) in [6.45, 7) is 6.18. The molecule has 4 heteroatoms. The number of hydrogen-bond donors (Lipinski definition) is 3. The molecule has 0 aromatic carbocycles. The third-order valence-electron chi connectivity index (χ3n) is 3.65. The smallest absolute Gasteiger partial charge is 0.221 e. The van der Waals surface area contributed by atoms with Crippen molar-refractivity contribution in [2.24, 2.45) is 16.9 Å². The SMILES string of the molecule is CC(C)(C)C(N)CC(=O)NC1CCC(N)CC1. The molecule has 0 saturated heterocycles. The lowest BCUT2D eigenvalue weighted by molar-refractivity contribution is -0.122. The molecule has 0 spiro atoms. The Morgan fingerprint density at radius 3 is 2.29 bits per heavy atom. The predicted octanol–water partition coefficient (Wildman–Crippen LogP) is 1.14. The van der Waals surface area contributed by atoms with Crippen LogP contribution in [0.25, 0.3) is 0 Å². The van der Waals surface area contributed by atoms with Crippen LogP contribution >= 0.6 is 0 Å². The summed E-state index contributed by atoms with van der Waals surface area (Å²) in [5, 5.41) is 3.07. The summed E-state index contributed by atoms with van der Waals surface area (Å²) in [5.41, 5.74) is 11.8. The Kier molecular flexibility index (Phi) is 4.95. The van der Waals surface area contributed by atoms with Gasteiger partial charge in [-0.2, -0.15) is 0 Å². The van der Waals surface area contributed by atoms with Crippen LogP contribution < -0.4 is 16.8 Å². The fourth-order valence-corrected chi connectivity index (χ4v) is 2.06. The zero-order chi connectivity index (χ0) is 13.1. The number of nitrogens with two attached hydrogens (primary N) is 2. The van der Waals surface area contributed by atoms with Gasteiger partial charge in [0.15, 0.2) is 0 Å². The predicted molar refractivity (Wildman–Crippen MR) is 70.4 cm³/mol. The van der Waals surface area contributed by atoms with E-state index < -0.39 is 0 Å². The van der Waals surface area contributed by atoms with Crippen LogP contribution in [0.15, 0.2) is 0 Å². The van der Waals surface area contributed by atoms with E-state index in [4.69, 9.17) is 11.5 Å². The van der Waals surface area contributed by atoms with Crippen molar-refractivity contribution < 1.29 is 4.79 Å². The lowest BCUT2D eigenvalue weighted by atomic mass is 9.85. The van der Waals surface area contributed by atoms with Crippen LogP contribution in [-0.4, -0.2) is 24.0 Å². The van der Waals surface area contributed by atoms with Crippen molar-refractivity contribution in [2.45, 2.75) is 71.0 Å². The minimum Gasteiger partial charge on any atom is -0.353 e. The van der Waals surface area contributed by atoms with Crippen molar-refractivity contribution in [2.75, 3.05) is 0 Å². The summed E-state index contributed by atoms with van der Waals surface area (Å²) in [4.78, 5) is 11.8. The van der Waals surface area contributed by atoms with Crippen molar-refractivity contribution in [3.05, 3.63) is 0 Å². The molecule has 1 unspecified atom stereocenters. The van der Waals surface area contributed by atoms with Gasteiger partial charge in [0, 0.05) is 24.5 Å². The number of rotatable bonds is 3. The first-order chi connectivity index (χ1) is 7.79. The first kappa shape index (κ1) is 14.5. The van der Waals surface area contributed by atoms with Gasteiger partial charge in [-0.3, -0.25) is 4.79 Å². The van der Waals surface area contributed by atoms with E-state index in [2.05, 4.69) is 26.1 Å². The summed E-state index contributed by atoms with van der Waals surface area (Å²) < 4.78 is 0. The maximum absolute atomic E-state index is 11.8. The Bertz CT molecular complexity index is 252. The maximum atomic E-state index is 11.8. The Morgan fingerprint density at radius 2 is 1.82 bits per heavy atom. The number of carbonyl (C=O) groups excluding carboxylic acids is 1. The average Bonchev–Trinajstić information content (AvgIpc) is 2.20. The van der Waals surface area contributed by atoms with Gasteiger partial charge in [0.25, 0.3) is 0 Å². The van der Waals surface area contributed by atoms with Gasteiger partial charge in [-0.15, -0.1) is 0 Å². The molecule has 1 amide bonds. The number of nitrogens with one attached hydrogen (secondary N) is 1. The minimum atomic E-state index is -0.0895. The van der Waals surface area contributed by atoms with E-state index in [0.717, 1.165) is 25.7 Å². The van der Waals surface area contributed by atoms with E-state index >= 15 is 0 Å². The van der Waals surface area contributed by atoms with Gasteiger partial charge in [-0.05, 0) is 31.1 Å². The third kappa shape index (κ3) is 5.04. The molecule has 17 heavy (non-hydrogen) atoms. The lowest BCUT2D eigenvalue weighted by Crippen LogP contribution is -2.44. The fourth-order valence-electron chi connectivity index (χ4n) is 2.06. The van der Waals surface area contributed by atoms with Gasteiger partial charge in [0.05, 0.1) is 0 Å². The second kappa shape index (κ2) is 5.83. The van der Waals surface area contributed by atoms with Gasteiger partial charge in [-0.25, -0.2) is 0 Å². The van der Waals surface area contributed by atoms with Crippen LogP contribution in [0.1, 0.15) is 52.9 Å². The van der Waals surface area contributed by atoms with E-state index in [0.29, 0.717) is 18.5 Å². The fraction of sp³-hybridized carbons (Fsp3) is 0.923. The first-order valence-corrected chi connectivity index (χ1v) is 6.59. The Balaban J connectivity index is 2.30. The molecular formula is C13H27N3O. The van der Waals surface area contributed by atoms with E-state index in [9.17, 15) is 4.79 Å². The largest absolute Gasteiger partial charge is 0.353 e. The minimum absolute atomic E-state index is 0.0216. The van der Waals surface area contributed by atoms with Gasteiger partial charge in [-0.1, -0.05) is 20.8 Å². The molecule has 1 atom stereocenters. The second-order valence-corrected chi connectivity index (χ2v) is 6.36. The number of amides is 1. The van der Waals surface area contributed by atoms with Gasteiger partial charge < -0.3 is 16.8 Å². The average molecular weight is 241 g/mol. The Morgan fingerprint density at radius 1 is 1.29 bits per heavy atom. The highest BCUT2D eigenvalue weighted by Crippen LogP contribution is 2.20. The lowest BCUT2D eigenvalue weighted by Gasteiger charge is -2.29. The van der Waals surface area contributed by atoms with E-state index in [1.807, 2.05) is 0 Å². The monoisotopic (exact) mass is 241 g/mol. The van der Waals surface area contributed by atoms with Crippen LogP contribution in [0.5, 0.6) is 0 Å². The number of carbonyl (C=O) groups is 1. The molecular weight excluding hydrogens is 214 g/mol. The normalized spacial score (nSPS) is 27.6. The molecule has 1 rings (SSSR count). The molecule has 5 N–H and O–H groups in total. The molecule has 1 fully saturated rings. The molecule has 0 radical (unpaired) electrons. The van der Waals surface area contributed by atoms with Crippen LogP contribution in [0.2, 0.25) is 0 Å². The standard InChI is InChI=1S/C13H27N3O/c1-13(2,3)11(15)8-12(17)16-10-6-4-9(14)5-7-10/h9-11H,4-8,14-15H2,1-3H3,(H,16,17). The van der Waals surface area contributed by atoms with E-state index in [1.54, 1.807) is 0 Å². The molecule has 0 aromatic rings. The molecule has 0 aromatic heterocycles. The molecule has 100 valence electrons. The molecule has 0 aliphatic heterocycles. The molecule has 0 heterocycles. The van der Waals surface area contributed by atoms with Crippen molar-refractivity contribution in [1.82, 2.24) is 5.32 Å². The highest BCUT2D eigenvalue weighted by atomic mass is 16.1. The van der Waals surface area contributed by atoms with Crippen molar-refractivity contribution in [3.63, 3.8) is 0 Å². The summed E-state index contributed by atoms with van der Waals surface area (Å²) in [6.07, 6.45) is 4.42. The molecule has 0 bridgehead atoms. The van der Waals surface area contributed by atoms with Crippen LogP contribution in [-0.2, 0) is 4.79 Å². The van der Waals surface area contributed by atoms with Crippen molar-refractivity contribution in [1.29, 1.82) is 0 Å². The summed E-state index contributed by atoms with van der Waals surface area (Å²) >= 11 is 0.